The first-order valence-corrected chi connectivity index (χ1v) is 6.05. The topological polar surface area (TPSA) is 80.9 Å². The van der Waals surface area contributed by atoms with Crippen LogP contribution in [0.3, 0.4) is 0 Å². The Labute approximate surface area is 117 Å². The van der Waals surface area contributed by atoms with Gasteiger partial charge in [-0.15, -0.1) is 5.10 Å². The van der Waals surface area contributed by atoms with Gasteiger partial charge in [0.05, 0.1) is 0 Å². The van der Waals surface area contributed by atoms with Crippen LogP contribution in [0.2, 0.25) is 0 Å². The van der Waals surface area contributed by atoms with Crippen LogP contribution in [0.15, 0.2) is 18.5 Å². The third-order valence-electron chi connectivity index (χ3n) is 2.63. The first-order valence-electron chi connectivity index (χ1n) is 6.05. The van der Waals surface area contributed by atoms with E-state index >= 15 is 0 Å². The van der Waals surface area contributed by atoms with E-state index in [2.05, 4.69) is 15.1 Å². The molecular weight excluding hydrogens is 289 g/mol. The average molecular weight is 300 g/mol. The zero-order chi connectivity index (χ0) is 15.6. The molecule has 0 spiro atoms. The standard InChI is InChI=1S/C12H11F3N4O2/c1-2-3-9-16-6-19(18-9)10-7(11(20)21)4-5-8(17-10)12(13,14)15/h4-6H,2-3H2,1H3,(H,20,21). The lowest BCUT2D eigenvalue weighted by Crippen LogP contribution is -2.15. The number of carbonyl (C=O) groups is 1. The van der Waals surface area contributed by atoms with Crippen LogP contribution in [0.4, 0.5) is 13.2 Å². The Morgan fingerprint density at radius 2 is 2.10 bits per heavy atom. The molecule has 2 heterocycles. The quantitative estimate of drug-likeness (QED) is 0.937. The van der Waals surface area contributed by atoms with Crippen molar-refractivity contribution in [2.75, 3.05) is 0 Å². The van der Waals surface area contributed by atoms with E-state index in [0.717, 1.165) is 23.5 Å². The van der Waals surface area contributed by atoms with E-state index in [1.165, 1.54) is 0 Å². The molecule has 0 aliphatic carbocycles. The number of carboxylic acid groups (broad SMARTS) is 1. The second kappa shape index (κ2) is 5.51. The molecule has 9 heteroatoms. The van der Waals surface area contributed by atoms with Crippen molar-refractivity contribution < 1.29 is 23.1 Å². The van der Waals surface area contributed by atoms with Crippen LogP contribution < -0.4 is 0 Å². The predicted octanol–water partition coefficient (Wildman–Crippen LogP) is 2.33. The molecule has 112 valence electrons. The maximum atomic E-state index is 12.7. The third-order valence-corrected chi connectivity index (χ3v) is 2.63. The van der Waals surface area contributed by atoms with E-state index in [1.807, 2.05) is 6.92 Å². The molecule has 0 aliphatic rings. The lowest BCUT2D eigenvalue weighted by atomic mass is 10.2. The zero-order valence-corrected chi connectivity index (χ0v) is 10.9. The molecular formula is C12H11F3N4O2. The van der Waals surface area contributed by atoms with E-state index in [4.69, 9.17) is 5.11 Å². The summed E-state index contributed by atoms with van der Waals surface area (Å²) < 4.78 is 39.0. The van der Waals surface area contributed by atoms with Gasteiger partial charge in [0.15, 0.2) is 11.6 Å². The van der Waals surface area contributed by atoms with Gasteiger partial charge in [-0.2, -0.15) is 13.2 Å². The molecule has 0 aliphatic heterocycles. The first-order chi connectivity index (χ1) is 9.82. The molecule has 0 radical (unpaired) electrons. The summed E-state index contributed by atoms with van der Waals surface area (Å²) in [5.74, 6) is -1.39. The normalized spacial score (nSPS) is 11.6. The number of aromatic carboxylic acids is 1. The number of alkyl halides is 3. The largest absolute Gasteiger partial charge is 0.478 e. The third kappa shape index (κ3) is 3.18. The number of pyridine rings is 1. The highest BCUT2D eigenvalue weighted by Gasteiger charge is 2.34. The van der Waals surface area contributed by atoms with Crippen molar-refractivity contribution in [3.05, 3.63) is 35.5 Å². The summed E-state index contributed by atoms with van der Waals surface area (Å²) in [6, 6.07) is 1.48. The molecule has 0 atom stereocenters. The van der Waals surface area contributed by atoms with Gasteiger partial charge in [-0.3, -0.25) is 0 Å². The minimum absolute atomic E-state index is 0.379. The molecule has 21 heavy (non-hydrogen) atoms. The molecule has 2 rings (SSSR count). The number of nitrogens with zero attached hydrogens (tertiary/aromatic N) is 4. The van der Waals surface area contributed by atoms with Crippen molar-refractivity contribution in [3.63, 3.8) is 0 Å². The second-order valence-electron chi connectivity index (χ2n) is 4.23. The summed E-state index contributed by atoms with van der Waals surface area (Å²) in [5, 5.41) is 13.0. The Morgan fingerprint density at radius 1 is 1.38 bits per heavy atom. The summed E-state index contributed by atoms with van der Waals surface area (Å²) in [6.45, 7) is 1.89. The van der Waals surface area contributed by atoms with Crippen LogP contribution in [0, 0.1) is 0 Å². The number of hydrogen-bond acceptors (Lipinski definition) is 4. The van der Waals surface area contributed by atoms with Crippen molar-refractivity contribution in [3.8, 4) is 5.82 Å². The number of halogens is 3. The fourth-order valence-corrected chi connectivity index (χ4v) is 1.69. The van der Waals surface area contributed by atoms with E-state index in [9.17, 15) is 18.0 Å². The SMILES string of the molecule is CCCc1ncn(-c2nc(C(F)(F)F)ccc2C(=O)O)n1. The highest BCUT2D eigenvalue weighted by Crippen LogP contribution is 2.29. The number of aryl methyl sites for hydroxylation is 1. The van der Waals surface area contributed by atoms with Crippen molar-refractivity contribution in [2.24, 2.45) is 0 Å². The van der Waals surface area contributed by atoms with Gasteiger partial charge in [0, 0.05) is 6.42 Å². The van der Waals surface area contributed by atoms with Gasteiger partial charge in [0.2, 0.25) is 0 Å². The average Bonchev–Trinajstić information content (AvgIpc) is 2.86. The lowest BCUT2D eigenvalue weighted by molar-refractivity contribution is -0.141. The summed E-state index contributed by atoms with van der Waals surface area (Å²) in [4.78, 5) is 18.4. The van der Waals surface area contributed by atoms with Gasteiger partial charge in [-0.25, -0.2) is 19.4 Å². The molecule has 0 aromatic carbocycles. The number of carboxylic acids is 1. The number of aromatic nitrogens is 4. The maximum absolute atomic E-state index is 12.7. The van der Waals surface area contributed by atoms with Gasteiger partial charge in [0.1, 0.15) is 17.6 Å². The molecule has 6 nitrogen and oxygen atoms in total. The van der Waals surface area contributed by atoms with Gasteiger partial charge in [0.25, 0.3) is 0 Å². The predicted molar refractivity (Wildman–Crippen MR) is 65.1 cm³/mol. The fraction of sp³-hybridized carbons (Fsp3) is 0.333. The van der Waals surface area contributed by atoms with Gasteiger partial charge in [-0.05, 0) is 18.6 Å². The summed E-state index contributed by atoms with van der Waals surface area (Å²) in [5.41, 5.74) is -1.56. The smallest absolute Gasteiger partial charge is 0.433 e. The molecule has 0 fully saturated rings. The highest BCUT2D eigenvalue weighted by molar-refractivity contribution is 5.91. The van der Waals surface area contributed by atoms with Crippen LogP contribution in [0.25, 0.3) is 5.82 Å². The Balaban J connectivity index is 2.54. The second-order valence-corrected chi connectivity index (χ2v) is 4.23. The first kappa shape index (κ1) is 14.9. The molecule has 0 unspecified atom stereocenters. The van der Waals surface area contributed by atoms with Gasteiger partial charge < -0.3 is 5.11 Å². The monoisotopic (exact) mass is 300 g/mol. The summed E-state index contributed by atoms with van der Waals surface area (Å²) in [7, 11) is 0. The Bertz CT molecular complexity index is 667. The van der Waals surface area contributed by atoms with Crippen LogP contribution in [0.5, 0.6) is 0 Å². The Hall–Kier alpha value is -2.45. The number of hydrogen-bond donors (Lipinski definition) is 1. The summed E-state index contributed by atoms with van der Waals surface area (Å²) >= 11 is 0. The van der Waals surface area contributed by atoms with Crippen molar-refractivity contribution in [1.82, 2.24) is 19.7 Å². The minimum Gasteiger partial charge on any atom is -0.478 e. The summed E-state index contributed by atoms with van der Waals surface area (Å²) in [6.07, 6.45) is -2.22. The van der Waals surface area contributed by atoms with Crippen LogP contribution in [-0.2, 0) is 12.6 Å². The number of rotatable bonds is 4. The van der Waals surface area contributed by atoms with Crippen molar-refractivity contribution >= 4 is 5.97 Å². The van der Waals surface area contributed by atoms with E-state index < -0.39 is 23.7 Å². The molecule has 2 aromatic heterocycles. The molecule has 0 bridgehead atoms. The Kier molecular flexibility index (Phi) is 3.92. The molecule has 0 saturated carbocycles. The van der Waals surface area contributed by atoms with E-state index in [0.29, 0.717) is 18.3 Å². The maximum Gasteiger partial charge on any atom is 0.433 e. The molecule has 1 N–H and O–H groups in total. The Morgan fingerprint density at radius 3 is 2.67 bits per heavy atom. The van der Waals surface area contributed by atoms with Crippen LogP contribution in [-0.4, -0.2) is 30.8 Å². The van der Waals surface area contributed by atoms with Gasteiger partial charge in [-0.1, -0.05) is 6.92 Å². The molecule has 0 amide bonds. The van der Waals surface area contributed by atoms with E-state index in [1.54, 1.807) is 0 Å². The van der Waals surface area contributed by atoms with E-state index in [-0.39, 0.29) is 5.56 Å². The zero-order valence-electron chi connectivity index (χ0n) is 10.9. The molecule has 2 aromatic rings. The van der Waals surface area contributed by atoms with Crippen molar-refractivity contribution in [1.29, 1.82) is 0 Å². The highest BCUT2D eigenvalue weighted by atomic mass is 19.4. The van der Waals surface area contributed by atoms with Crippen molar-refractivity contribution in [2.45, 2.75) is 25.9 Å². The molecule has 0 saturated heterocycles. The van der Waals surface area contributed by atoms with Crippen LogP contribution in [0.1, 0.15) is 35.2 Å². The minimum atomic E-state index is -4.67. The fourth-order valence-electron chi connectivity index (χ4n) is 1.69. The lowest BCUT2D eigenvalue weighted by Gasteiger charge is -2.09. The van der Waals surface area contributed by atoms with Gasteiger partial charge >= 0.3 is 12.1 Å². The van der Waals surface area contributed by atoms with Crippen LogP contribution >= 0.6 is 0 Å².